The number of phenolic OH excluding ortho intramolecular Hbond substituents is 1. The maximum Gasteiger partial charge on any atom is 1.00 e. The van der Waals surface area contributed by atoms with E-state index in [0.717, 1.165) is 17.1 Å². The maximum absolute atomic E-state index is 9.90. The van der Waals surface area contributed by atoms with Crippen molar-refractivity contribution in [1.29, 1.82) is 0 Å². The van der Waals surface area contributed by atoms with Crippen molar-refractivity contribution in [3.8, 4) is 17.2 Å². The topological polar surface area (TPSA) is 68.7 Å². The molecule has 3 aromatic carbocycles. The maximum atomic E-state index is 9.90. The number of para-hydroxylation sites is 3. The van der Waals surface area contributed by atoms with Crippen LogP contribution in [-0.4, -0.2) is 28.1 Å². The molecule has 486 valence electrons. The van der Waals surface area contributed by atoms with Crippen LogP contribution in [0.5, 0.6) is 17.2 Å². The molecule has 84 heavy (non-hydrogen) atoms. The van der Waals surface area contributed by atoms with Crippen LogP contribution in [-0.2, 0) is 0 Å². The van der Waals surface area contributed by atoms with E-state index in [-0.39, 0.29) is 53.9 Å². The molecule has 0 amide bonds. The van der Waals surface area contributed by atoms with Crippen LogP contribution in [0.15, 0.2) is 72.8 Å². The van der Waals surface area contributed by atoms with Crippen molar-refractivity contribution in [2.24, 2.45) is 0 Å². The zero-order chi connectivity index (χ0) is 60.0. The van der Waals surface area contributed by atoms with E-state index in [0.29, 0.717) is 23.5 Å². The van der Waals surface area contributed by atoms with Crippen LogP contribution < -0.4 is 39.0 Å². The fourth-order valence-electron chi connectivity index (χ4n) is 11.5. The first-order chi connectivity index (χ1) is 40.2. The van der Waals surface area contributed by atoms with E-state index in [1.54, 1.807) is 6.07 Å². The number of ether oxygens (including phenoxy) is 2. The first-order valence-electron chi connectivity index (χ1n) is 34.7. The summed E-state index contributed by atoms with van der Waals surface area (Å²) in [6.45, 7) is 14.1. The van der Waals surface area contributed by atoms with Gasteiger partial charge in [0, 0.05) is 1.43 Å². The van der Waals surface area contributed by atoms with Gasteiger partial charge in [-0.1, -0.05) is 366 Å². The van der Waals surface area contributed by atoms with Gasteiger partial charge in [0.05, 0.1) is 10.7 Å². The van der Waals surface area contributed by atoms with Crippen LogP contribution in [0.4, 0.5) is 0 Å². The van der Waals surface area contributed by atoms with Gasteiger partial charge in [0.25, 0.3) is 0 Å². The van der Waals surface area contributed by atoms with Crippen LogP contribution in [0.2, 0.25) is 0 Å². The molecule has 3 atom stereocenters. The number of rotatable bonds is 52. The monoisotopic (exact) mass is 1260 g/mol. The van der Waals surface area contributed by atoms with E-state index < -0.39 is 0 Å². The van der Waals surface area contributed by atoms with E-state index in [1.807, 2.05) is 12.1 Å². The van der Waals surface area contributed by atoms with E-state index in [4.69, 9.17) is 55.9 Å². The van der Waals surface area contributed by atoms with E-state index in [9.17, 15) is 5.11 Å². The average molecular weight is 1260 g/mol. The van der Waals surface area contributed by atoms with Gasteiger partial charge in [-0.05, 0) is 71.9 Å². The van der Waals surface area contributed by atoms with Crippen LogP contribution in [0.3, 0.4) is 0 Å². The van der Waals surface area contributed by atoms with Gasteiger partial charge in [0.15, 0.2) is 0 Å². The fraction of sp³-hybridized carbons (Fsp3) is 0.760. The Morgan fingerprint density at radius 3 is 0.750 bits per heavy atom. The molecule has 9 heteroatoms. The standard InChI is InChI=1S/C49H84O2.C24H42O.2CH2Cl2.Na.H2O.H2/c1-5-7-9-11-13-15-17-19-21-23-25-27-29-31-37-44(3)46-39-33-35-41-48(46)50-43-51-49-42-36-34-40-47(49)45(4)38-32-30-28-26-24-22-20-18-16-14-12-10-8-6-2;1-3-4-5-6-7-8-9-10-11-12-13-14-15-16-19-22(2)23-20-17-18-21-24(23)25;2*2-1-3;;;/h33-36,39-42,44-45H,5-32,37-38,43H2,1-4H3;17-18,20-22,25H,3-16,19H2,1-2H3;2*1H2;;1H2;1H/q;;;;+1;;/p-1/i;;;;;;1+1. The van der Waals surface area contributed by atoms with Crippen molar-refractivity contribution in [3.05, 3.63) is 89.5 Å². The summed E-state index contributed by atoms with van der Waals surface area (Å²) in [4.78, 5) is 0. The molecule has 0 heterocycles. The molecule has 4 nitrogen and oxygen atoms in total. The molecule has 3 aromatic rings. The zero-order valence-corrected chi connectivity index (χ0v) is 60.8. The minimum Gasteiger partial charge on any atom is -0.870 e. The summed E-state index contributed by atoms with van der Waals surface area (Å²) in [5.41, 5.74) is 3.74. The Morgan fingerprint density at radius 1 is 0.321 bits per heavy atom. The second-order valence-electron chi connectivity index (χ2n) is 24.1. The first-order valence-corrected chi connectivity index (χ1v) is 36.8. The molecule has 0 saturated carbocycles. The van der Waals surface area contributed by atoms with Crippen LogP contribution in [0.1, 0.15) is 366 Å². The molecular formula is C75H133Cl4NaO4. The Hall–Kier alpha value is -0.820. The van der Waals surface area contributed by atoms with Crippen LogP contribution in [0, 0.1) is 0 Å². The van der Waals surface area contributed by atoms with Gasteiger partial charge < -0.3 is 20.1 Å². The first kappa shape index (κ1) is 87.4. The van der Waals surface area contributed by atoms with Gasteiger partial charge in [-0.15, -0.1) is 46.4 Å². The smallest absolute Gasteiger partial charge is 0.870 e. The van der Waals surface area contributed by atoms with Crippen molar-refractivity contribution in [1.82, 2.24) is 0 Å². The third kappa shape index (κ3) is 54.1. The molecule has 0 aliphatic rings. The third-order valence-corrected chi connectivity index (χ3v) is 16.8. The summed E-state index contributed by atoms with van der Waals surface area (Å²) >= 11 is 19.1. The van der Waals surface area contributed by atoms with Gasteiger partial charge in [0.2, 0.25) is 6.79 Å². The van der Waals surface area contributed by atoms with Crippen molar-refractivity contribution >= 4 is 46.4 Å². The molecule has 3 rings (SSSR count). The predicted octanol–water partition coefficient (Wildman–Crippen LogP) is 25.3. The Bertz CT molecular complexity index is 1660. The molecule has 0 aliphatic heterocycles. The Balaban J connectivity index is -0.000000808. The van der Waals surface area contributed by atoms with Crippen molar-refractivity contribution in [2.45, 2.75) is 348 Å². The van der Waals surface area contributed by atoms with E-state index in [2.05, 4.69) is 96.1 Å². The quantitative estimate of drug-likeness (QED) is 0.0265. The largest absolute Gasteiger partial charge is 1.00 e. The molecule has 2 N–H and O–H groups in total. The minimum absolute atomic E-state index is 0. The average Bonchev–Trinajstić information content (AvgIpc) is 3.62. The Kier molecular flexibility index (Phi) is 72.5. The number of benzene rings is 3. The normalized spacial score (nSPS) is 11.8. The predicted molar refractivity (Wildman–Crippen MR) is 374 cm³/mol. The number of aromatic hydroxyl groups is 1. The molecular weight excluding hydrogens is 1130 g/mol. The van der Waals surface area contributed by atoms with Crippen molar-refractivity contribution in [2.75, 3.05) is 17.5 Å². The Morgan fingerprint density at radius 2 is 0.512 bits per heavy atom. The molecule has 0 radical (unpaired) electrons. The van der Waals surface area contributed by atoms with Gasteiger partial charge >= 0.3 is 29.6 Å². The summed E-state index contributed by atoms with van der Waals surface area (Å²) < 4.78 is 12.6. The molecule has 3 unspecified atom stereocenters. The molecule has 0 bridgehead atoms. The summed E-state index contributed by atoms with van der Waals surface area (Å²) in [5, 5.41) is 10.3. The molecule has 0 aliphatic carbocycles. The SMILES string of the molecule is CCCCCCCCCCCCCCCCC(C)c1ccccc1O.CCCCCCCCCCCCCCCCC(C)c1ccccc1OCOc1ccccc1C(C)CCCCCCCCCCCCCCCC.ClCCl.ClCCl.[2HH].[Na+].[OH-]. The number of hydrogen-bond acceptors (Lipinski definition) is 4. The van der Waals surface area contributed by atoms with Crippen molar-refractivity contribution < 1.29 is 51.0 Å². The number of alkyl halides is 4. The van der Waals surface area contributed by atoms with Crippen molar-refractivity contribution in [3.63, 3.8) is 0 Å². The van der Waals surface area contributed by atoms with Crippen LogP contribution in [0.25, 0.3) is 0 Å². The van der Waals surface area contributed by atoms with Gasteiger partial charge in [0.1, 0.15) is 17.2 Å². The Labute approximate surface area is 565 Å². The number of halogens is 4. The number of hydrogen-bond donors (Lipinski definition) is 1. The molecule has 0 saturated heterocycles. The van der Waals surface area contributed by atoms with Gasteiger partial charge in [-0.2, -0.15) is 0 Å². The summed E-state index contributed by atoms with van der Waals surface area (Å²) in [7, 11) is 0. The van der Waals surface area contributed by atoms with E-state index in [1.165, 1.54) is 300 Å². The summed E-state index contributed by atoms with van der Waals surface area (Å²) in [5.74, 6) is 3.87. The number of phenols is 1. The second-order valence-corrected chi connectivity index (χ2v) is 25.7. The molecule has 0 fully saturated rings. The van der Waals surface area contributed by atoms with Crippen LogP contribution >= 0.6 is 46.4 Å². The number of unbranched alkanes of at least 4 members (excludes halogenated alkanes) is 39. The zero-order valence-electron chi connectivity index (χ0n) is 55.8. The second kappa shape index (κ2) is 69.7. The summed E-state index contributed by atoms with van der Waals surface area (Å²) in [6.07, 6.45) is 62.8. The summed E-state index contributed by atoms with van der Waals surface area (Å²) in [6, 6.07) is 25.0. The van der Waals surface area contributed by atoms with Gasteiger partial charge in [-0.3, -0.25) is 0 Å². The van der Waals surface area contributed by atoms with E-state index >= 15 is 0 Å². The molecule has 0 spiro atoms. The van der Waals surface area contributed by atoms with Gasteiger partial charge in [-0.25, -0.2) is 0 Å². The molecule has 0 aromatic heterocycles. The fourth-order valence-corrected chi connectivity index (χ4v) is 11.5. The minimum atomic E-state index is 0. The third-order valence-electron chi connectivity index (χ3n) is 16.8.